The number of hydrogen-bond acceptors (Lipinski definition) is 5. The van der Waals surface area contributed by atoms with Gasteiger partial charge in [-0.15, -0.1) is 0 Å². The summed E-state index contributed by atoms with van der Waals surface area (Å²) < 4.78 is 16.0. The van der Waals surface area contributed by atoms with E-state index >= 15 is 0 Å². The molecule has 0 aromatic heterocycles. The average Bonchev–Trinajstić information content (AvgIpc) is 2.66. The Bertz CT molecular complexity index is 957. The summed E-state index contributed by atoms with van der Waals surface area (Å²) in [5.41, 5.74) is 3.93. The molecule has 1 aliphatic rings. The van der Waals surface area contributed by atoms with Crippen molar-refractivity contribution in [3.05, 3.63) is 59.7 Å². The van der Waals surface area contributed by atoms with E-state index in [1.807, 2.05) is 18.2 Å². The molecule has 1 aliphatic heterocycles. The summed E-state index contributed by atoms with van der Waals surface area (Å²) in [7, 11) is 3.15. The molecule has 1 N–H and O–H groups in total. The highest BCUT2D eigenvalue weighted by molar-refractivity contribution is 5.89. The Morgan fingerprint density at radius 1 is 1.04 bits per heavy atom. The Morgan fingerprint density at radius 3 is 2.50 bits per heavy atom. The zero-order chi connectivity index (χ0) is 20.3. The third-order valence-electron chi connectivity index (χ3n) is 4.49. The molecule has 2 aromatic carbocycles. The van der Waals surface area contributed by atoms with Crippen molar-refractivity contribution in [1.82, 2.24) is 0 Å². The van der Waals surface area contributed by atoms with Crippen molar-refractivity contribution in [2.75, 3.05) is 19.5 Å². The quantitative estimate of drug-likeness (QED) is 0.453. The molecule has 0 saturated carbocycles. The van der Waals surface area contributed by atoms with Gasteiger partial charge in [0.15, 0.2) is 11.5 Å². The predicted octanol–water partition coefficient (Wildman–Crippen LogP) is 4.93. The lowest BCUT2D eigenvalue weighted by Crippen LogP contribution is -2.31. The Labute approximate surface area is 165 Å². The number of anilines is 1. The Hall–Kier alpha value is -3.21. The van der Waals surface area contributed by atoms with Crippen LogP contribution in [0.2, 0.25) is 0 Å². The van der Waals surface area contributed by atoms with Crippen LogP contribution in [0.15, 0.2) is 48.6 Å². The van der Waals surface area contributed by atoms with Crippen LogP contribution in [0.5, 0.6) is 17.2 Å². The number of rotatable bonds is 5. The number of hydrogen-bond donors (Lipinski definition) is 1. The van der Waals surface area contributed by atoms with Crippen molar-refractivity contribution in [1.29, 1.82) is 0 Å². The summed E-state index contributed by atoms with van der Waals surface area (Å²) in [6.45, 7) is 6.29. The van der Waals surface area contributed by atoms with E-state index in [4.69, 9.17) is 14.2 Å². The van der Waals surface area contributed by atoms with Gasteiger partial charge in [0.1, 0.15) is 5.75 Å². The normalized spacial score (nSPS) is 14.7. The van der Waals surface area contributed by atoms with Crippen molar-refractivity contribution in [3.63, 3.8) is 0 Å². The highest BCUT2D eigenvalue weighted by Crippen LogP contribution is 2.35. The van der Waals surface area contributed by atoms with Gasteiger partial charge >= 0.3 is 5.97 Å². The van der Waals surface area contributed by atoms with E-state index in [2.05, 4.69) is 32.2 Å². The Morgan fingerprint density at radius 2 is 1.79 bits per heavy atom. The maximum absolute atomic E-state index is 12.2. The van der Waals surface area contributed by atoms with Crippen LogP contribution in [0.25, 0.3) is 11.6 Å². The second kappa shape index (κ2) is 7.80. The van der Waals surface area contributed by atoms with E-state index in [1.54, 1.807) is 38.5 Å². The standard InChI is InChI=1S/C23H25NO4/c1-15-14-23(2,3)24-19-9-8-17(13-18(15)19)28-22(25)11-7-16-6-10-20(26-4)21(12-16)27-5/h6-14,24H,1-5H3/b11-7+. The van der Waals surface area contributed by atoms with E-state index in [-0.39, 0.29) is 5.54 Å². The van der Waals surface area contributed by atoms with Gasteiger partial charge in [0.2, 0.25) is 0 Å². The van der Waals surface area contributed by atoms with Crippen molar-refractivity contribution in [2.24, 2.45) is 0 Å². The molecule has 0 spiro atoms. The maximum atomic E-state index is 12.2. The molecule has 146 valence electrons. The third-order valence-corrected chi connectivity index (χ3v) is 4.49. The molecule has 0 amide bonds. The second-order valence-electron chi connectivity index (χ2n) is 7.25. The number of allylic oxidation sites excluding steroid dienone is 1. The lowest BCUT2D eigenvalue weighted by atomic mass is 9.91. The molecule has 0 fully saturated rings. The molecule has 2 aromatic rings. The van der Waals surface area contributed by atoms with E-state index in [0.717, 1.165) is 22.4 Å². The highest BCUT2D eigenvalue weighted by Gasteiger charge is 2.22. The molecular formula is C23H25NO4. The van der Waals surface area contributed by atoms with Crippen molar-refractivity contribution >= 4 is 23.3 Å². The minimum atomic E-state index is -0.444. The number of benzene rings is 2. The molecule has 0 bridgehead atoms. The summed E-state index contributed by atoms with van der Waals surface area (Å²) in [6, 6.07) is 11.0. The van der Waals surface area contributed by atoms with Gasteiger partial charge in [-0.3, -0.25) is 0 Å². The van der Waals surface area contributed by atoms with Gasteiger partial charge in [0, 0.05) is 17.3 Å². The summed E-state index contributed by atoms with van der Waals surface area (Å²) in [5, 5.41) is 3.46. The van der Waals surface area contributed by atoms with Crippen LogP contribution in [0.4, 0.5) is 5.69 Å². The smallest absolute Gasteiger partial charge is 0.336 e. The monoisotopic (exact) mass is 379 g/mol. The van der Waals surface area contributed by atoms with Crippen molar-refractivity contribution in [3.8, 4) is 17.2 Å². The summed E-state index contributed by atoms with van der Waals surface area (Å²) in [6.07, 6.45) is 5.24. The largest absolute Gasteiger partial charge is 0.493 e. The number of carbonyl (C=O) groups is 1. The Balaban J connectivity index is 1.72. The van der Waals surface area contributed by atoms with E-state index in [0.29, 0.717) is 17.2 Å². The first-order chi connectivity index (χ1) is 13.3. The van der Waals surface area contributed by atoms with Crippen LogP contribution in [-0.4, -0.2) is 25.7 Å². The van der Waals surface area contributed by atoms with Gasteiger partial charge in [-0.25, -0.2) is 4.79 Å². The van der Waals surface area contributed by atoms with Crippen LogP contribution in [0, 0.1) is 0 Å². The van der Waals surface area contributed by atoms with E-state index < -0.39 is 5.97 Å². The molecule has 0 atom stereocenters. The molecule has 3 rings (SSSR count). The fourth-order valence-corrected chi connectivity index (χ4v) is 3.30. The molecule has 28 heavy (non-hydrogen) atoms. The number of fused-ring (bicyclic) bond motifs is 1. The number of nitrogens with one attached hydrogen (secondary N) is 1. The Kier molecular flexibility index (Phi) is 5.45. The number of carbonyl (C=O) groups excluding carboxylic acids is 1. The van der Waals surface area contributed by atoms with Crippen LogP contribution < -0.4 is 19.5 Å². The molecule has 0 radical (unpaired) electrons. The number of esters is 1. The van der Waals surface area contributed by atoms with Gasteiger partial charge in [-0.1, -0.05) is 12.1 Å². The van der Waals surface area contributed by atoms with Crippen molar-refractivity contribution < 1.29 is 19.0 Å². The van der Waals surface area contributed by atoms with Crippen LogP contribution in [0.1, 0.15) is 31.9 Å². The van der Waals surface area contributed by atoms with Gasteiger partial charge in [0.25, 0.3) is 0 Å². The maximum Gasteiger partial charge on any atom is 0.336 e. The van der Waals surface area contributed by atoms with Gasteiger partial charge < -0.3 is 19.5 Å². The van der Waals surface area contributed by atoms with Crippen LogP contribution >= 0.6 is 0 Å². The number of methoxy groups -OCH3 is 2. The first-order valence-electron chi connectivity index (χ1n) is 9.05. The van der Waals surface area contributed by atoms with Gasteiger partial charge in [-0.05, 0) is 68.3 Å². The zero-order valence-electron chi connectivity index (χ0n) is 16.8. The molecular weight excluding hydrogens is 354 g/mol. The minimum Gasteiger partial charge on any atom is -0.493 e. The third kappa shape index (κ3) is 4.36. The first-order valence-corrected chi connectivity index (χ1v) is 9.05. The molecule has 0 unspecified atom stereocenters. The lowest BCUT2D eigenvalue weighted by molar-refractivity contribution is -0.128. The van der Waals surface area contributed by atoms with E-state index in [9.17, 15) is 4.79 Å². The lowest BCUT2D eigenvalue weighted by Gasteiger charge is -2.31. The molecule has 0 saturated heterocycles. The van der Waals surface area contributed by atoms with Crippen LogP contribution in [0.3, 0.4) is 0 Å². The molecule has 0 aliphatic carbocycles. The fraction of sp³-hybridized carbons (Fsp3) is 0.261. The van der Waals surface area contributed by atoms with Gasteiger partial charge in [0.05, 0.1) is 19.8 Å². The zero-order valence-corrected chi connectivity index (χ0v) is 16.8. The summed E-state index contributed by atoms with van der Waals surface area (Å²) in [4.78, 5) is 12.2. The molecule has 5 heteroatoms. The predicted molar refractivity (Wildman–Crippen MR) is 112 cm³/mol. The number of ether oxygens (including phenoxy) is 3. The fourth-order valence-electron chi connectivity index (χ4n) is 3.30. The average molecular weight is 379 g/mol. The SMILES string of the molecule is COc1ccc(/C=C/C(=O)Oc2ccc3c(c2)C(C)=CC(C)(C)N3)cc1OC. The highest BCUT2D eigenvalue weighted by atomic mass is 16.5. The molecule has 5 nitrogen and oxygen atoms in total. The van der Waals surface area contributed by atoms with Crippen molar-refractivity contribution in [2.45, 2.75) is 26.3 Å². The minimum absolute atomic E-state index is 0.0998. The topological polar surface area (TPSA) is 56.8 Å². The van der Waals surface area contributed by atoms with Gasteiger partial charge in [-0.2, -0.15) is 0 Å². The van der Waals surface area contributed by atoms with E-state index in [1.165, 1.54) is 6.08 Å². The first kappa shape index (κ1) is 19.5. The summed E-state index contributed by atoms with van der Waals surface area (Å²) >= 11 is 0. The van der Waals surface area contributed by atoms with Crippen LogP contribution in [-0.2, 0) is 4.79 Å². The molecule has 1 heterocycles. The summed E-state index contributed by atoms with van der Waals surface area (Å²) in [5.74, 6) is 1.30. The second-order valence-corrected chi connectivity index (χ2v) is 7.25.